The SMILES string of the molecule is CCCC(NC(=O)CCc1nc2cc(S(=O)(=O)N(C)C)ccc2n1C)c1ccccc1. The normalized spacial score (nSPS) is 12.9. The number of aromatic nitrogens is 2. The molecule has 0 saturated heterocycles. The maximum absolute atomic E-state index is 12.6. The van der Waals surface area contributed by atoms with E-state index in [0.29, 0.717) is 18.4 Å². The van der Waals surface area contributed by atoms with E-state index in [0.717, 1.165) is 29.7 Å². The first-order valence-electron chi connectivity index (χ1n) is 10.5. The van der Waals surface area contributed by atoms with Crippen molar-refractivity contribution in [3.05, 3.63) is 59.9 Å². The van der Waals surface area contributed by atoms with Crippen LogP contribution in [0.1, 0.15) is 43.6 Å². The van der Waals surface area contributed by atoms with Crippen LogP contribution >= 0.6 is 0 Å². The quantitative estimate of drug-likeness (QED) is 0.550. The van der Waals surface area contributed by atoms with Crippen LogP contribution in [0.4, 0.5) is 0 Å². The molecule has 1 aromatic heterocycles. The summed E-state index contributed by atoms with van der Waals surface area (Å²) in [6.07, 6.45) is 2.64. The molecule has 7 nitrogen and oxygen atoms in total. The molecule has 0 fully saturated rings. The summed E-state index contributed by atoms with van der Waals surface area (Å²) in [7, 11) is 1.36. The fraction of sp³-hybridized carbons (Fsp3) is 0.391. The lowest BCUT2D eigenvalue weighted by atomic mass is 10.0. The Hall–Kier alpha value is -2.71. The van der Waals surface area contributed by atoms with Crippen LogP contribution in [-0.2, 0) is 28.3 Å². The molecular formula is C23H30N4O3S. The van der Waals surface area contributed by atoms with Gasteiger partial charge in [0, 0.05) is 34.0 Å². The van der Waals surface area contributed by atoms with Gasteiger partial charge in [-0.15, -0.1) is 0 Å². The number of aryl methyl sites for hydroxylation is 2. The van der Waals surface area contributed by atoms with Crippen molar-refractivity contribution in [2.45, 2.75) is 43.5 Å². The van der Waals surface area contributed by atoms with Gasteiger partial charge >= 0.3 is 0 Å². The summed E-state index contributed by atoms with van der Waals surface area (Å²) >= 11 is 0. The third-order valence-electron chi connectivity index (χ3n) is 5.41. The zero-order chi connectivity index (χ0) is 22.6. The van der Waals surface area contributed by atoms with Gasteiger partial charge < -0.3 is 9.88 Å². The predicted molar refractivity (Wildman–Crippen MR) is 122 cm³/mol. The summed E-state index contributed by atoms with van der Waals surface area (Å²) in [6.45, 7) is 2.10. The Morgan fingerprint density at radius 2 is 1.87 bits per heavy atom. The van der Waals surface area contributed by atoms with E-state index in [-0.39, 0.29) is 16.8 Å². The largest absolute Gasteiger partial charge is 0.349 e. The van der Waals surface area contributed by atoms with Crippen LogP contribution in [0.15, 0.2) is 53.4 Å². The van der Waals surface area contributed by atoms with E-state index >= 15 is 0 Å². The van der Waals surface area contributed by atoms with Crippen LogP contribution in [0.5, 0.6) is 0 Å². The molecule has 1 unspecified atom stereocenters. The number of sulfonamides is 1. The Bertz CT molecular complexity index is 1150. The lowest BCUT2D eigenvalue weighted by Crippen LogP contribution is -2.28. The number of nitrogens with one attached hydrogen (secondary N) is 1. The average Bonchev–Trinajstić information content (AvgIpc) is 3.07. The second kappa shape index (κ2) is 9.62. The van der Waals surface area contributed by atoms with Gasteiger partial charge in [0.25, 0.3) is 0 Å². The lowest BCUT2D eigenvalue weighted by molar-refractivity contribution is -0.121. The average molecular weight is 443 g/mol. The Morgan fingerprint density at radius 3 is 2.52 bits per heavy atom. The second-order valence-electron chi connectivity index (χ2n) is 7.84. The summed E-state index contributed by atoms with van der Waals surface area (Å²) in [6, 6.07) is 14.9. The van der Waals surface area contributed by atoms with E-state index in [1.165, 1.54) is 18.4 Å². The molecule has 3 aromatic rings. The molecule has 166 valence electrons. The van der Waals surface area contributed by atoms with Crippen LogP contribution in [0, 0.1) is 0 Å². The summed E-state index contributed by atoms with van der Waals surface area (Å²) in [5.74, 6) is 0.724. The van der Waals surface area contributed by atoms with E-state index < -0.39 is 10.0 Å². The highest BCUT2D eigenvalue weighted by atomic mass is 32.2. The molecule has 1 amide bonds. The fourth-order valence-electron chi connectivity index (χ4n) is 3.61. The molecular weight excluding hydrogens is 412 g/mol. The molecule has 1 heterocycles. The van der Waals surface area contributed by atoms with Crippen molar-refractivity contribution >= 4 is 27.0 Å². The Kier molecular flexibility index (Phi) is 7.12. The number of carbonyl (C=O) groups is 1. The topological polar surface area (TPSA) is 84.3 Å². The van der Waals surface area contributed by atoms with Gasteiger partial charge in [-0.1, -0.05) is 43.7 Å². The number of imidazole rings is 1. The van der Waals surface area contributed by atoms with Gasteiger partial charge in [0.2, 0.25) is 15.9 Å². The summed E-state index contributed by atoms with van der Waals surface area (Å²) < 4.78 is 27.9. The maximum atomic E-state index is 12.6. The summed E-state index contributed by atoms with van der Waals surface area (Å²) in [4.78, 5) is 17.4. The number of hydrogen-bond acceptors (Lipinski definition) is 4. The number of hydrogen-bond donors (Lipinski definition) is 1. The van der Waals surface area contributed by atoms with Crippen molar-refractivity contribution in [1.82, 2.24) is 19.2 Å². The number of rotatable bonds is 9. The van der Waals surface area contributed by atoms with Crippen LogP contribution in [0.2, 0.25) is 0 Å². The minimum atomic E-state index is -3.52. The highest BCUT2D eigenvalue weighted by molar-refractivity contribution is 7.89. The monoisotopic (exact) mass is 442 g/mol. The minimum absolute atomic E-state index is 0.00191. The van der Waals surface area contributed by atoms with Gasteiger partial charge in [-0.25, -0.2) is 17.7 Å². The molecule has 0 bridgehead atoms. The van der Waals surface area contributed by atoms with Crippen molar-refractivity contribution in [1.29, 1.82) is 0 Å². The van der Waals surface area contributed by atoms with Gasteiger partial charge in [0.05, 0.1) is 22.0 Å². The molecule has 0 saturated carbocycles. The minimum Gasteiger partial charge on any atom is -0.349 e. The van der Waals surface area contributed by atoms with Crippen LogP contribution in [0.25, 0.3) is 11.0 Å². The van der Waals surface area contributed by atoms with Gasteiger partial charge in [-0.3, -0.25) is 4.79 Å². The number of benzene rings is 2. The van der Waals surface area contributed by atoms with Gasteiger partial charge in [0.15, 0.2) is 0 Å². The van der Waals surface area contributed by atoms with Crippen molar-refractivity contribution in [2.24, 2.45) is 7.05 Å². The molecule has 1 N–H and O–H groups in total. The smallest absolute Gasteiger partial charge is 0.242 e. The molecule has 0 aliphatic rings. The van der Waals surface area contributed by atoms with Gasteiger partial charge in [0.1, 0.15) is 5.82 Å². The molecule has 0 aliphatic carbocycles. The van der Waals surface area contributed by atoms with Crippen molar-refractivity contribution < 1.29 is 13.2 Å². The third kappa shape index (κ3) is 5.14. The van der Waals surface area contributed by atoms with E-state index in [2.05, 4.69) is 17.2 Å². The van der Waals surface area contributed by atoms with Crippen molar-refractivity contribution in [2.75, 3.05) is 14.1 Å². The van der Waals surface area contributed by atoms with Crippen LogP contribution in [0.3, 0.4) is 0 Å². The van der Waals surface area contributed by atoms with Gasteiger partial charge in [-0.2, -0.15) is 0 Å². The Labute approximate surface area is 184 Å². The van der Waals surface area contributed by atoms with E-state index in [4.69, 9.17) is 0 Å². The highest BCUT2D eigenvalue weighted by Crippen LogP contribution is 2.22. The molecule has 0 aliphatic heterocycles. The van der Waals surface area contributed by atoms with Crippen LogP contribution < -0.4 is 5.32 Å². The molecule has 3 rings (SSSR count). The Balaban J connectivity index is 1.73. The van der Waals surface area contributed by atoms with Crippen molar-refractivity contribution in [3.8, 4) is 0 Å². The molecule has 8 heteroatoms. The lowest BCUT2D eigenvalue weighted by Gasteiger charge is -2.18. The molecule has 0 spiro atoms. The molecule has 2 aromatic carbocycles. The predicted octanol–water partition coefficient (Wildman–Crippen LogP) is 3.41. The second-order valence-corrected chi connectivity index (χ2v) is 10.00. The standard InChI is InChI=1S/C23H30N4O3S/c1-5-9-19(17-10-7-6-8-11-17)25-23(28)15-14-22-24-20-16-18(31(29,30)26(2)3)12-13-21(20)27(22)4/h6-8,10-13,16,19H,5,9,14-15H2,1-4H3,(H,25,28). The fourth-order valence-corrected chi connectivity index (χ4v) is 4.53. The first-order chi connectivity index (χ1) is 14.7. The molecule has 0 radical (unpaired) electrons. The van der Waals surface area contributed by atoms with Crippen LogP contribution in [-0.4, -0.2) is 42.3 Å². The number of carbonyl (C=O) groups excluding carboxylic acids is 1. The summed E-state index contributed by atoms with van der Waals surface area (Å²) in [5.41, 5.74) is 2.55. The molecule has 1 atom stereocenters. The first-order valence-corrected chi connectivity index (χ1v) is 11.9. The van der Waals surface area contributed by atoms with E-state index in [1.54, 1.807) is 18.2 Å². The number of fused-ring (bicyclic) bond motifs is 1. The zero-order valence-corrected chi connectivity index (χ0v) is 19.3. The van der Waals surface area contributed by atoms with E-state index in [1.807, 2.05) is 41.9 Å². The van der Waals surface area contributed by atoms with E-state index in [9.17, 15) is 13.2 Å². The van der Waals surface area contributed by atoms with Crippen molar-refractivity contribution in [3.63, 3.8) is 0 Å². The number of amides is 1. The summed E-state index contributed by atoms with van der Waals surface area (Å²) in [5, 5.41) is 3.14. The molecule has 31 heavy (non-hydrogen) atoms. The highest BCUT2D eigenvalue weighted by Gasteiger charge is 2.20. The first kappa shape index (κ1) is 23.0. The van der Waals surface area contributed by atoms with Gasteiger partial charge in [-0.05, 0) is 30.2 Å². The zero-order valence-electron chi connectivity index (χ0n) is 18.5. The maximum Gasteiger partial charge on any atom is 0.242 e. The Morgan fingerprint density at radius 1 is 1.16 bits per heavy atom. The third-order valence-corrected chi connectivity index (χ3v) is 7.22. The number of nitrogens with zero attached hydrogens (tertiary/aromatic N) is 3.